The number of carbonyl (C=O) groups excluding carboxylic acids is 1. The molecule has 1 aromatic rings. The van der Waals surface area contributed by atoms with Crippen LogP contribution in [0.4, 0.5) is 5.69 Å². The van der Waals surface area contributed by atoms with Gasteiger partial charge < -0.3 is 5.32 Å². The van der Waals surface area contributed by atoms with E-state index in [1.54, 1.807) is 19.1 Å². The van der Waals surface area contributed by atoms with Crippen molar-refractivity contribution in [3.63, 3.8) is 0 Å². The zero-order chi connectivity index (χ0) is 13.1. The summed E-state index contributed by atoms with van der Waals surface area (Å²) in [6, 6.07) is 4.70. The van der Waals surface area contributed by atoms with Crippen molar-refractivity contribution in [2.45, 2.75) is 12.7 Å². The molecule has 0 spiro atoms. The fourth-order valence-electron chi connectivity index (χ4n) is 1.33. The van der Waals surface area contributed by atoms with Gasteiger partial charge >= 0.3 is 0 Å². The van der Waals surface area contributed by atoms with Crippen LogP contribution in [0, 0.1) is 6.92 Å². The first-order valence-electron chi connectivity index (χ1n) is 4.72. The van der Waals surface area contributed by atoms with Crippen LogP contribution < -0.4 is 5.32 Å². The molecule has 0 saturated carbocycles. The van der Waals surface area contributed by atoms with Gasteiger partial charge in [0.2, 0.25) is 5.91 Å². The quantitative estimate of drug-likeness (QED) is 0.646. The van der Waals surface area contributed by atoms with E-state index in [9.17, 15) is 13.2 Å². The molecule has 0 radical (unpaired) electrons. The summed E-state index contributed by atoms with van der Waals surface area (Å²) in [6.07, 6.45) is 0. The summed E-state index contributed by atoms with van der Waals surface area (Å²) in [5, 5.41) is 2.54. The van der Waals surface area contributed by atoms with Crippen LogP contribution in [0.1, 0.15) is 11.1 Å². The maximum Gasteiger partial charge on any atom is 0.269 e. The number of hydrogen-bond donors (Lipinski definition) is 2. The second-order valence-electron chi connectivity index (χ2n) is 3.55. The average molecular weight is 278 g/mol. The van der Waals surface area contributed by atoms with Gasteiger partial charge in [-0.1, -0.05) is 6.07 Å². The number of carbonyl (C=O) groups is 1. The van der Waals surface area contributed by atoms with E-state index in [1.807, 2.05) is 0 Å². The lowest BCUT2D eigenvalue weighted by molar-refractivity contribution is -0.113. The lowest BCUT2D eigenvalue weighted by Crippen LogP contribution is -2.13. The number of aryl methyl sites for hydroxylation is 1. The van der Waals surface area contributed by atoms with Crippen LogP contribution in [0.3, 0.4) is 0 Å². The monoisotopic (exact) mass is 277 g/mol. The lowest BCUT2D eigenvalue weighted by atomic mass is 10.1. The van der Waals surface area contributed by atoms with Crippen LogP contribution in [-0.4, -0.2) is 24.8 Å². The summed E-state index contributed by atoms with van der Waals surface area (Å²) >= 11 is 5.34. The van der Waals surface area contributed by atoms with Gasteiger partial charge in [-0.3, -0.25) is 9.35 Å². The molecule has 7 heteroatoms. The molecule has 0 unspecified atom stereocenters. The van der Waals surface area contributed by atoms with Crippen LogP contribution in [0.5, 0.6) is 0 Å². The van der Waals surface area contributed by atoms with Crippen molar-refractivity contribution in [2.24, 2.45) is 0 Å². The molecule has 0 heterocycles. The number of anilines is 1. The third-order valence-electron chi connectivity index (χ3n) is 2.09. The van der Waals surface area contributed by atoms with Crippen molar-refractivity contribution in [1.29, 1.82) is 0 Å². The fraction of sp³-hybridized carbons (Fsp3) is 0.300. The highest BCUT2D eigenvalue weighted by atomic mass is 35.5. The molecule has 0 atom stereocenters. The minimum absolute atomic E-state index is 0.147. The van der Waals surface area contributed by atoms with E-state index < -0.39 is 15.9 Å². The smallest absolute Gasteiger partial charge is 0.269 e. The van der Waals surface area contributed by atoms with Crippen molar-refractivity contribution in [1.82, 2.24) is 0 Å². The number of hydrogen-bond acceptors (Lipinski definition) is 3. The third kappa shape index (κ3) is 4.72. The van der Waals surface area contributed by atoms with Gasteiger partial charge in [-0.2, -0.15) is 8.42 Å². The highest BCUT2D eigenvalue weighted by Gasteiger charge is 2.10. The predicted molar refractivity (Wildman–Crippen MR) is 65.8 cm³/mol. The van der Waals surface area contributed by atoms with Crippen molar-refractivity contribution in [3.8, 4) is 0 Å². The standard InChI is InChI=1S/C10H12ClNO4S/c1-7-4-9(12-10(13)5-11)3-2-8(7)6-17(14,15)16/h2-4H,5-6H2,1H3,(H,12,13)(H,14,15,16). The van der Waals surface area contributed by atoms with Gasteiger partial charge in [-0.05, 0) is 30.2 Å². The average Bonchev–Trinajstić information content (AvgIpc) is 2.20. The molecule has 0 saturated heterocycles. The van der Waals surface area contributed by atoms with Crippen LogP contribution in [0.2, 0.25) is 0 Å². The van der Waals surface area contributed by atoms with Gasteiger partial charge in [0, 0.05) is 5.69 Å². The van der Waals surface area contributed by atoms with Gasteiger partial charge in [0.1, 0.15) is 11.6 Å². The Labute approximate surface area is 105 Å². The highest BCUT2D eigenvalue weighted by Crippen LogP contribution is 2.17. The molecule has 1 aromatic carbocycles. The van der Waals surface area contributed by atoms with Crippen LogP contribution >= 0.6 is 11.6 Å². The molecule has 0 aliphatic rings. The number of halogens is 1. The Balaban J connectivity index is 2.90. The Kier molecular flexibility index (Phi) is 4.50. The molecule has 0 fully saturated rings. The van der Waals surface area contributed by atoms with E-state index in [2.05, 4.69) is 5.32 Å². The minimum Gasteiger partial charge on any atom is -0.325 e. The van der Waals surface area contributed by atoms with E-state index in [0.717, 1.165) is 0 Å². The van der Waals surface area contributed by atoms with Gasteiger partial charge in [-0.15, -0.1) is 11.6 Å². The van der Waals surface area contributed by atoms with Gasteiger partial charge in [0.05, 0.1) is 0 Å². The highest BCUT2D eigenvalue weighted by molar-refractivity contribution is 7.85. The minimum atomic E-state index is -4.05. The van der Waals surface area contributed by atoms with Gasteiger partial charge in [0.25, 0.3) is 10.1 Å². The van der Waals surface area contributed by atoms with Crippen molar-refractivity contribution >= 4 is 33.3 Å². The van der Waals surface area contributed by atoms with E-state index in [0.29, 0.717) is 16.8 Å². The number of rotatable bonds is 4. The SMILES string of the molecule is Cc1cc(NC(=O)CCl)ccc1CS(=O)(=O)O. The van der Waals surface area contributed by atoms with E-state index in [1.165, 1.54) is 6.07 Å². The first kappa shape index (κ1) is 14.0. The molecular formula is C10H12ClNO4S. The number of benzene rings is 1. The molecule has 0 aliphatic heterocycles. The van der Waals surface area contributed by atoms with Crippen LogP contribution in [0.15, 0.2) is 18.2 Å². The first-order chi connectivity index (χ1) is 7.81. The molecule has 94 valence electrons. The third-order valence-corrected chi connectivity index (χ3v) is 3.00. The number of alkyl halides is 1. The van der Waals surface area contributed by atoms with E-state index >= 15 is 0 Å². The lowest BCUT2D eigenvalue weighted by Gasteiger charge is -2.08. The summed E-state index contributed by atoms with van der Waals surface area (Å²) in [6.45, 7) is 1.69. The second-order valence-corrected chi connectivity index (χ2v) is 5.27. The molecule has 2 N–H and O–H groups in total. The summed E-state index contributed by atoms with van der Waals surface area (Å²) in [5.74, 6) is -0.928. The van der Waals surface area contributed by atoms with Crippen molar-refractivity contribution in [2.75, 3.05) is 11.2 Å². The Morgan fingerprint density at radius 3 is 2.59 bits per heavy atom. The maximum absolute atomic E-state index is 11.0. The van der Waals surface area contributed by atoms with Crippen LogP contribution in [-0.2, 0) is 20.7 Å². The van der Waals surface area contributed by atoms with Gasteiger partial charge in [0.15, 0.2) is 0 Å². The molecule has 5 nitrogen and oxygen atoms in total. The topological polar surface area (TPSA) is 83.5 Å². The molecule has 17 heavy (non-hydrogen) atoms. The molecule has 1 amide bonds. The molecule has 0 aromatic heterocycles. The molecular weight excluding hydrogens is 266 g/mol. The second kappa shape index (κ2) is 5.48. The van der Waals surface area contributed by atoms with E-state index in [-0.39, 0.29) is 11.8 Å². The van der Waals surface area contributed by atoms with Crippen molar-refractivity contribution in [3.05, 3.63) is 29.3 Å². The fourth-order valence-corrected chi connectivity index (χ4v) is 2.11. The number of amides is 1. The Hall–Kier alpha value is -1.11. The summed E-state index contributed by atoms with van der Waals surface area (Å²) in [7, 11) is -4.05. The normalized spacial score (nSPS) is 11.2. The number of nitrogens with one attached hydrogen (secondary N) is 1. The summed E-state index contributed by atoms with van der Waals surface area (Å²) in [4.78, 5) is 11.0. The largest absolute Gasteiger partial charge is 0.325 e. The van der Waals surface area contributed by atoms with Gasteiger partial charge in [-0.25, -0.2) is 0 Å². The Bertz CT molecular complexity index is 527. The molecule has 0 bridgehead atoms. The summed E-state index contributed by atoms with van der Waals surface area (Å²) in [5.41, 5.74) is 1.68. The Morgan fingerprint density at radius 1 is 1.47 bits per heavy atom. The predicted octanol–water partition coefficient (Wildman–Crippen LogP) is 1.56. The van der Waals surface area contributed by atoms with Crippen molar-refractivity contribution < 1.29 is 17.8 Å². The Morgan fingerprint density at radius 2 is 2.12 bits per heavy atom. The summed E-state index contributed by atoms with van der Waals surface area (Å²) < 4.78 is 30.2. The molecule has 1 rings (SSSR count). The van der Waals surface area contributed by atoms with Crippen LogP contribution in [0.25, 0.3) is 0 Å². The molecule has 0 aliphatic carbocycles. The zero-order valence-corrected chi connectivity index (χ0v) is 10.7. The zero-order valence-electron chi connectivity index (χ0n) is 9.10. The first-order valence-corrected chi connectivity index (χ1v) is 6.86. The van der Waals surface area contributed by atoms with E-state index in [4.69, 9.17) is 16.2 Å². The maximum atomic E-state index is 11.0.